The molecule has 30 heavy (non-hydrogen) atoms. The second kappa shape index (κ2) is 9.60. The van der Waals surface area contributed by atoms with Gasteiger partial charge in [-0.15, -0.1) is 0 Å². The van der Waals surface area contributed by atoms with Crippen LogP contribution in [0.5, 0.6) is 0 Å². The Hall–Kier alpha value is -2.41. The fraction of sp³-hybridized carbons (Fsp3) is 0.609. The minimum absolute atomic E-state index is 0.0395. The zero-order valence-electron chi connectivity index (χ0n) is 17.6. The summed E-state index contributed by atoms with van der Waals surface area (Å²) in [6, 6.07) is 7.07. The quantitative estimate of drug-likeness (QED) is 0.691. The summed E-state index contributed by atoms with van der Waals surface area (Å²) in [5.41, 5.74) is 1.56. The molecule has 3 aliphatic rings. The maximum atomic E-state index is 12.7. The minimum atomic E-state index is -0.277. The van der Waals surface area contributed by atoms with Gasteiger partial charge in [-0.25, -0.2) is 0 Å². The van der Waals surface area contributed by atoms with Gasteiger partial charge in [-0.2, -0.15) is 0 Å². The summed E-state index contributed by atoms with van der Waals surface area (Å²) < 4.78 is 0. The van der Waals surface area contributed by atoms with Crippen molar-refractivity contribution in [2.24, 2.45) is 0 Å². The van der Waals surface area contributed by atoms with E-state index in [0.29, 0.717) is 25.2 Å². The molecule has 4 rings (SSSR count). The van der Waals surface area contributed by atoms with Crippen LogP contribution in [0.3, 0.4) is 0 Å². The normalized spacial score (nSPS) is 22.3. The van der Waals surface area contributed by atoms with Gasteiger partial charge in [-0.05, 0) is 69.4 Å². The molecule has 162 valence electrons. The Morgan fingerprint density at radius 1 is 1.00 bits per heavy atom. The van der Waals surface area contributed by atoms with Crippen LogP contribution < -0.4 is 5.32 Å². The van der Waals surface area contributed by atoms with Crippen molar-refractivity contribution in [2.75, 3.05) is 39.3 Å². The largest absolute Gasteiger partial charge is 0.352 e. The van der Waals surface area contributed by atoms with Gasteiger partial charge < -0.3 is 20.0 Å². The molecule has 3 heterocycles. The molecule has 1 aromatic carbocycles. The number of carbonyl (C=O) groups excluding carboxylic acids is 3. The lowest BCUT2D eigenvalue weighted by molar-refractivity contribution is -0.154. The molecule has 0 bridgehead atoms. The summed E-state index contributed by atoms with van der Waals surface area (Å²) in [5, 5.41) is 3.00. The standard InChI is InChI=1S/C23H32N4O3/c28-21-17-26(23(30)20-6-4-15-27(20)21)16-18-7-9-19(10-8-18)22(29)24-11-5-14-25-12-2-1-3-13-25/h7-10,20H,1-6,11-17H2,(H,24,29)/t20-/m1/s1. The van der Waals surface area contributed by atoms with E-state index in [1.54, 1.807) is 21.9 Å². The van der Waals surface area contributed by atoms with E-state index in [2.05, 4.69) is 10.2 Å². The van der Waals surface area contributed by atoms with Gasteiger partial charge in [0.05, 0.1) is 0 Å². The van der Waals surface area contributed by atoms with Crippen molar-refractivity contribution in [1.82, 2.24) is 20.0 Å². The Kier molecular flexibility index (Phi) is 6.67. The van der Waals surface area contributed by atoms with E-state index in [1.165, 1.54) is 32.4 Å². The lowest BCUT2D eigenvalue weighted by Gasteiger charge is -2.36. The number of fused-ring (bicyclic) bond motifs is 1. The SMILES string of the molecule is O=C(NCCCN1CCCCC1)c1ccc(CN2CC(=O)N3CCC[C@@H]3C2=O)cc1. The third-order valence-electron chi connectivity index (χ3n) is 6.47. The van der Waals surface area contributed by atoms with E-state index in [9.17, 15) is 14.4 Å². The monoisotopic (exact) mass is 412 g/mol. The molecule has 7 heteroatoms. The van der Waals surface area contributed by atoms with Crippen LogP contribution >= 0.6 is 0 Å². The van der Waals surface area contributed by atoms with Crippen LogP contribution in [-0.4, -0.2) is 77.7 Å². The Morgan fingerprint density at radius 2 is 1.77 bits per heavy atom. The fourth-order valence-electron chi connectivity index (χ4n) is 4.77. The highest BCUT2D eigenvalue weighted by molar-refractivity contribution is 5.95. The number of carbonyl (C=O) groups is 3. The maximum Gasteiger partial charge on any atom is 0.251 e. The molecule has 1 atom stereocenters. The van der Waals surface area contributed by atoms with Crippen molar-refractivity contribution in [3.63, 3.8) is 0 Å². The lowest BCUT2D eigenvalue weighted by atomic mass is 10.1. The van der Waals surface area contributed by atoms with E-state index in [-0.39, 0.29) is 30.3 Å². The first-order valence-electron chi connectivity index (χ1n) is 11.3. The van der Waals surface area contributed by atoms with Gasteiger partial charge in [0, 0.05) is 25.2 Å². The number of nitrogens with zero attached hydrogens (tertiary/aromatic N) is 3. The van der Waals surface area contributed by atoms with Crippen LogP contribution in [0.4, 0.5) is 0 Å². The Balaban J connectivity index is 1.24. The summed E-state index contributed by atoms with van der Waals surface area (Å²) in [4.78, 5) is 43.1. The summed E-state index contributed by atoms with van der Waals surface area (Å²) in [6.45, 7) is 5.34. The number of rotatable bonds is 7. The summed E-state index contributed by atoms with van der Waals surface area (Å²) in [7, 11) is 0. The van der Waals surface area contributed by atoms with Crippen molar-refractivity contribution in [3.8, 4) is 0 Å². The molecule has 0 radical (unpaired) electrons. The van der Waals surface area contributed by atoms with Crippen LogP contribution in [0.2, 0.25) is 0 Å². The highest BCUT2D eigenvalue weighted by atomic mass is 16.2. The first-order valence-corrected chi connectivity index (χ1v) is 11.3. The van der Waals surface area contributed by atoms with Crippen LogP contribution in [0.25, 0.3) is 0 Å². The van der Waals surface area contributed by atoms with E-state index in [4.69, 9.17) is 0 Å². The van der Waals surface area contributed by atoms with Gasteiger partial charge in [-0.1, -0.05) is 18.6 Å². The average molecular weight is 413 g/mol. The molecule has 1 N–H and O–H groups in total. The molecule has 7 nitrogen and oxygen atoms in total. The van der Waals surface area contributed by atoms with Crippen LogP contribution in [0, 0.1) is 0 Å². The number of piperidine rings is 1. The zero-order chi connectivity index (χ0) is 20.9. The number of piperazine rings is 1. The van der Waals surface area contributed by atoms with Crippen molar-refractivity contribution in [3.05, 3.63) is 35.4 Å². The van der Waals surface area contributed by atoms with Crippen molar-refractivity contribution in [2.45, 2.75) is 51.1 Å². The number of hydrogen-bond acceptors (Lipinski definition) is 4. The van der Waals surface area contributed by atoms with Crippen LogP contribution in [-0.2, 0) is 16.1 Å². The average Bonchev–Trinajstić information content (AvgIpc) is 3.27. The number of benzene rings is 1. The molecule has 3 aliphatic heterocycles. The number of likely N-dealkylation sites (tertiary alicyclic amines) is 1. The van der Waals surface area contributed by atoms with Crippen LogP contribution in [0.1, 0.15) is 54.4 Å². The van der Waals surface area contributed by atoms with Gasteiger partial charge in [0.15, 0.2) is 0 Å². The molecule has 0 unspecified atom stereocenters. The van der Waals surface area contributed by atoms with Gasteiger partial charge >= 0.3 is 0 Å². The summed E-state index contributed by atoms with van der Waals surface area (Å²) in [6.07, 6.45) is 6.54. The number of amides is 3. The van der Waals surface area contributed by atoms with Crippen molar-refractivity contribution in [1.29, 1.82) is 0 Å². The highest BCUT2D eigenvalue weighted by Crippen LogP contribution is 2.24. The minimum Gasteiger partial charge on any atom is -0.352 e. The predicted octanol–water partition coefficient (Wildman–Crippen LogP) is 1.63. The topological polar surface area (TPSA) is 73.0 Å². The van der Waals surface area contributed by atoms with Gasteiger partial charge in [0.2, 0.25) is 11.8 Å². The highest BCUT2D eigenvalue weighted by Gasteiger charge is 2.41. The third-order valence-corrected chi connectivity index (χ3v) is 6.47. The first-order chi connectivity index (χ1) is 14.6. The van der Waals surface area contributed by atoms with E-state index in [1.807, 2.05) is 12.1 Å². The molecular weight excluding hydrogens is 380 g/mol. The lowest BCUT2D eigenvalue weighted by Crippen LogP contribution is -2.56. The van der Waals surface area contributed by atoms with Gasteiger partial charge in [-0.3, -0.25) is 14.4 Å². The van der Waals surface area contributed by atoms with Gasteiger partial charge in [0.25, 0.3) is 5.91 Å². The summed E-state index contributed by atoms with van der Waals surface area (Å²) in [5.74, 6) is 0.0197. The molecule has 3 fully saturated rings. The van der Waals surface area contributed by atoms with Crippen LogP contribution in [0.15, 0.2) is 24.3 Å². The summed E-state index contributed by atoms with van der Waals surface area (Å²) >= 11 is 0. The Bertz CT molecular complexity index is 773. The molecule has 1 aromatic rings. The third kappa shape index (κ3) is 4.83. The fourth-order valence-corrected chi connectivity index (χ4v) is 4.77. The van der Waals surface area contributed by atoms with E-state index in [0.717, 1.165) is 31.4 Å². The zero-order valence-corrected chi connectivity index (χ0v) is 17.6. The number of nitrogens with one attached hydrogen (secondary N) is 1. The van der Waals surface area contributed by atoms with Crippen molar-refractivity contribution < 1.29 is 14.4 Å². The molecule has 3 amide bonds. The second-order valence-electron chi connectivity index (χ2n) is 8.65. The Labute approximate surface area is 178 Å². The second-order valence-corrected chi connectivity index (χ2v) is 8.65. The van der Waals surface area contributed by atoms with E-state index < -0.39 is 0 Å². The first kappa shape index (κ1) is 20.8. The smallest absolute Gasteiger partial charge is 0.251 e. The maximum absolute atomic E-state index is 12.7. The Morgan fingerprint density at radius 3 is 2.53 bits per heavy atom. The molecule has 0 aliphatic carbocycles. The molecule has 0 aromatic heterocycles. The molecule has 0 spiro atoms. The molecule has 3 saturated heterocycles. The molecule has 0 saturated carbocycles. The molecular formula is C23H32N4O3. The van der Waals surface area contributed by atoms with Gasteiger partial charge in [0.1, 0.15) is 12.6 Å². The number of hydrogen-bond donors (Lipinski definition) is 1. The van der Waals surface area contributed by atoms with E-state index >= 15 is 0 Å². The van der Waals surface area contributed by atoms with Crippen molar-refractivity contribution >= 4 is 17.7 Å². The predicted molar refractivity (Wildman–Crippen MR) is 114 cm³/mol.